The maximum atomic E-state index is 14.4. The van der Waals surface area contributed by atoms with Crippen molar-refractivity contribution in [3.05, 3.63) is 71.9 Å². The Morgan fingerprint density at radius 3 is 1.69 bits per heavy atom. The number of fused-ring (bicyclic) bond motifs is 1. The number of aromatic nitrogens is 1. The van der Waals surface area contributed by atoms with Crippen LogP contribution in [-0.2, 0) is 60.8 Å². The van der Waals surface area contributed by atoms with E-state index in [-0.39, 0.29) is 43.9 Å². The molecule has 0 bridgehead atoms. The first-order valence-corrected chi connectivity index (χ1v) is 25.0. The molecule has 9 amide bonds. The lowest BCUT2D eigenvalue weighted by molar-refractivity contribution is -0.143. The van der Waals surface area contributed by atoms with E-state index in [9.17, 15) is 53.1 Å². The van der Waals surface area contributed by atoms with Gasteiger partial charge in [0.1, 0.15) is 42.3 Å². The molecule has 0 saturated carbocycles. The van der Waals surface area contributed by atoms with Crippen molar-refractivity contribution in [2.75, 3.05) is 6.54 Å². The lowest BCUT2D eigenvalue weighted by atomic mass is 9.99. The largest absolute Gasteiger partial charge is 0.480 e. The van der Waals surface area contributed by atoms with Crippen molar-refractivity contribution in [2.24, 2.45) is 35.1 Å². The molecule has 14 N–H and O–H groups in total. The summed E-state index contributed by atoms with van der Waals surface area (Å²) in [6.07, 6.45) is 1.63. The molecule has 0 unspecified atom stereocenters. The van der Waals surface area contributed by atoms with E-state index in [0.717, 1.165) is 10.9 Å². The smallest absolute Gasteiger partial charge is 0.326 e. The lowest BCUT2D eigenvalue weighted by Crippen LogP contribution is -2.60. The van der Waals surface area contributed by atoms with Crippen molar-refractivity contribution in [1.29, 1.82) is 0 Å². The predicted octanol–water partition coefficient (Wildman–Crippen LogP) is 0.564. The minimum atomic E-state index is -1.41. The zero-order chi connectivity index (χ0) is 55.4. The van der Waals surface area contributed by atoms with Gasteiger partial charge in [-0.05, 0) is 67.1 Å². The molecule has 74 heavy (non-hydrogen) atoms. The average molecular weight is 1030 g/mol. The average Bonchev–Trinajstić information content (AvgIpc) is 3.73. The highest BCUT2D eigenvalue weighted by Crippen LogP contribution is 2.20. The van der Waals surface area contributed by atoms with Crippen LogP contribution in [-0.4, -0.2) is 124 Å². The molecule has 406 valence electrons. The molecule has 3 aromatic rings. The summed E-state index contributed by atoms with van der Waals surface area (Å²) in [6.45, 7) is 14.8. The zero-order valence-electron chi connectivity index (χ0n) is 43.8. The molecular weight excluding hydrogens is 955 g/mol. The summed E-state index contributed by atoms with van der Waals surface area (Å²) < 4.78 is 0. The molecule has 22 nitrogen and oxygen atoms in total. The van der Waals surface area contributed by atoms with Crippen LogP contribution in [0.2, 0.25) is 0 Å². The Balaban J connectivity index is 1.86. The second-order valence-electron chi connectivity index (χ2n) is 20.2. The molecule has 8 atom stereocenters. The highest BCUT2D eigenvalue weighted by Gasteiger charge is 2.35. The summed E-state index contributed by atoms with van der Waals surface area (Å²) in [5, 5.41) is 31.2. The number of primary amides is 1. The summed E-state index contributed by atoms with van der Waals surface area (Å²) >= 11 is 0. The van der Waals surface area contributed by atoms with Crippen LogP contribution >= 0.6 is 0 Å². The minimum Gasteiger partial charge on any atom is -0.480 e. The quantitative estimate of drug-likeness (QED) is 0.0436. The number of H-pyrrole nitrogens is 1. The third-order valence-corrected chi connectivity index (χ3v) is 12.0. The lowest BCUT2D eigenvalue weighted by Gasteiger charge is -2.28. The first-order chi connectivity index (χ1) is 34.8. The molecule has 0 aliphatic carbocycles. The number of aromatic amines is 1. The van der Waals surface area contributed by atoms with E-state index in [1.807, 2.05) is 52.0 Å². The van der Waals surface area contributed by atoms with Gasteiger partial charge < -0.3 is 64.1 Å². The Hall–Kier alpha value is -7.36. The van der Waals surface area contributed by atoms with Crippen molar-refractivity contribution >= 4 is 70.0 Å². The van der Waals surface area contributed by atoms with E-state index < -0.39 is 126 Å². The Bertz CT molecular complexity index is 2420. The van der Waals surface area contributed by atoms with Gasteiger partial charge in [0.2, 0.25) is 53.2 Å². The number of nitrogens with two attached hydrogens (primary N) is 2. The number of carboxylic acid groups (broad SMARTS) is 1. The highest BCUT2D eigenvalue weighted by molar-refractivity contribution is 5.98. The van der Waals surface area contributed by atoms with Crippen molar-refractivity contribution in [1.82, 2.24) is 47.5 Å². The Labute approximate surface area is 432 Å². The van der Waals surface area contributed by atoms with Crippen LogP contribution < -0.4 is 54.0 Å². The van der Waals surface area contributed by atoms with Gasteiger partial charge in [0.15, 0.2) is 0 Å². The van der Waals surface area contributed by atoms with Crippen LogP contribution in [0.1, 0.15) is 99.1 Å². The molecule has 0 saturated heterocycles. The number of amides is 9. The third kappa shape index (κ3) is 19.9. The van der Waals surface area contributed by atoms with Crippen molar-refractivity contribution in [3.63, 3.8) is 0 Å². The zero-order valence-corrected chi connectivity index (χ0v) is 43.8. The molecule has 0 aliphatic rings. The number of para-hydroxylation sites is 1. The van der Waals surface area contributed by atoms with Crippen molar-refractivity contribution in [2.45, 2.75) is 149 Å². The van der Waals surface area contributed by atoms with Crippen LogP contribution in [0, 0.1) is 23.7 Å². The standard InChI is InChI=1S/C52H77N11O11/c1-27(2)21-35(53)46(67)60-38(22-28(3)4)47(68)56-26-42(65)58-40(24-33-25-55-36-18-14-13-17-34(33)36)50(71)62-43(29(5)6)51(72)61-39(23-32-15-11-10-12-16-32)49(70)57-31(9)45(66)59-37(19-20-41(54)64)48(69)63-44(30(7)8)52(73)74/h10-18,25,27-31,35,37-40,43-44,55H,19-24,26,53H2,1-9H3,(H2,54,64)(H,56,68)(H,57,70)(H,58,65)(H,59,66)(H,60,67)(H,61,72)(H,62,71)(H,63,69)(H,73,74)/t31-,35-,37-,38-,39-,40-,43-,44-/m0/s1. The van der Waals surface area contributed by atoms with Crippen LogP contribution in [0.5, 0.6) is 0 Å². The number of nitrogens with one attached hydrogen (secondary N) is 9. The maximum Gasteiger partial charge on any atom is 0.326 e. The molecule has 3 rings (SSSR count). The normalized spacial score (nSPS) is 14.6. The number of hydrogen-bond donors (Lipinski definition) is 12. The van der Waals surface area contributed by atoms with Gasteiger partial charge in [0.25, 0.3) is 0 Å². The van der Waals surface area contributed by atoms with Gasteiger partial charge in [-0.25, -0.2) is 4.79 Å². The van der Waals surface area contributed by atoms with Gasteiger partial charge in [-0.3, -0.25) is 43.2 Å². The summed E-state index contributed by atoms with van der Waals surface area (Å²) in [4.78, 5) is 136. The van der Waals surface area contributed by atoms with E-state index in [4.69, 9.17) is 11.5 Å². The van der Waals surface area contributed by atoms with Gasteiger partial charge in [-0.2, -0.15) is 0 Å². The van der Waals surface area contributed by atoms with Crippen LogP contribution in [0.15, 0.2) is 60.8 Å². The molecule has 1 heterocycles. The second kappa shape index (κ2) is 29.4. The van der Waals surface area contributed by atoms with Gasteiger partial charge in [-0.15, -0.1) is 0 Å². The molecule has 0 fully saturated rings. The summed E-state index contributed by atoms with van der Waals surface area (Å²) in [7, 11) is 0. The topological polar surface area (TPSA) is 355 Å². The van der Waals surface area contributed by atoms with Crippen molar-refractivity contribution < 1.29 is 53.1 Å². The molecule has 0 radical (unpaired) electrons. The minimum absolute atomic E-state index is 0.0114. The number of hydrogen-bond acceptors (Lipinski definition) is 11. The first kappa shape index (κ1) is 60.9. The van der Waals surface area contributed by atoms with Gasteiger partial charge in [0.05, 0.1) is 12.6 Å². The predicted molar refractivity (Wildman–Crippen MR) is 277 cm³/mol. The second-order valence-corrected chi connectivity index (χ2v) is 20.2. The first-order valence-electron chi connectivity index (χ1n) is 25.0. The number of carbonyl (C=O) groups is 10. The van der Waals surface area contributed by atoms with E-state index in [2.05, 4.69) is 47.5 Å². The molecule has 1 aromatic heterocycles. The van der Waals surface area contributed by atoms with E-state index in [1.54, 1.807) is 64.2 Å². The Morgan fingerprint density at radius 2 is 1.09 bits per heavy atom. The number of rotatable bonds is 30. The van der Waals surface area contributed by atoms with Gasteiger partial charge in [0, 0.05) is 36.4 Å². The highest BCUT2D eigenvalue weighted by atomic mass is 16.4. The Kier molecular flexibility index (Phi) is 24.2. The fourth-order valence-electron chi connectivity index (χ4n) is 7.97. The number of aliphatic carboxylic acids is 1. The number of carboxylic acids is 1. The molecule has 0 aliphatic heterocycles. The van der Waals surface area contributed by atoms with Crippen LogP contribution in [0.25, 0.3) is 10.9 Å². The molecular formula is C52H77N11O11. The van der Waals surface area contributed by atoms with Crippen molar-refractivity contribution in [3.8, 4) is 0 Å². The fourth-order valence-corrected chi connectivity index (χ4v) is 7.97. The van der Waals surface area contributed by atoms with E-state index >= 15 is 0 Å². The van der Waals surface area contributed by atoms with Gasteiger partial charge >= 0.3 is 5.97 Å². The van der Waals surface area contributed by atoms with E-state index in [0.29, 0.717) is 17.5 Å². The monoisotopic (exact) mass is 1030 g/mol. The summed E-state index contributed by atoms with van der Waals surface area (Å²) in [5.74, 6) is -9.07. The van der Waals surface area contributed by atoms with Crippen LogP contribution in [0.4, 0.5) is 0 Å². The molecule has 22 heteroatoms. The fraction of sp³-hybridized carbons (Fsp3) is 0.538. The molecule has 0 spiro atoms. The summed E-state index contributed by atoms with van der Waals surface area (Å²) in [5.41, 5.74) is 13.4. The summed E-state index contributed by atoms with van der Waals surface area (Å²) in [6, 6.07) is 6.15. The Morgan fingerprint density at radius 1 is 0.554 bits per heavy atom. The number of benzene rings is 2. The van der Waals surface area contributed by atoms with E-state index in [1.165, 1.54) is 6.92 Å². The third-order valence-electron chi connectivity index (χ3n) is 12.0. The maximum absolute atomic E-state index is 14.4. The van der Waals surface area contributed by atoms with Crippen LogP contribution in [0.3, 0.4) is 0 Å². The van der Waals surface area contributed by atoms with Gasteiger partial charge in [-0.1, -0.05) is 104 Å². The number of carbonyl (C=O) groups excluding carboxylic acids is 9. The SMILES string of the molecule is CC(C)C[C@H](NC(=O)[C@@H](N)CC(C)C)C(=O)NCC(=O)N[C@@H](Cc1c[nH]c2ccccc12)C(=O)N[C@H](C(=O)N[C@@H](Cc1ccccc1)C(=O)N[C@@H](C)C(=O)N[C@@H](CCC(N)=O)C(=O)N[C@H](C(=O)O)C(C)C)C(C)C. The molecule has 2 aromatic carbocycles.